The van der Waals surface area contributed by atoms with Gasteiger partial charge in [-0.2, -0.15) is 5.26 Å². The van der Waals surface area contributed by atoms with E-state index in [1.54, 1.807) is 0 Å². The zero-order valence-electron chi connectivity index (χ0n) is 7.88. The third kappa shape index (κ3) is 1.23. The number of nitriles is 1. The number of hydrogen-bond acceptors (Lipinski definition) is 1. The minimum Gasteiger partial charge on any atom is -0.198 e. The molecule has 1 aliphatic rings. The molecule has 0 bridgehead atoms. The van der Waals surface area contributed by atoms with Gasteiger partial charge in [0.25, 0.3) is 0 Å². The minimum absolute atomic E-state index is 0.116. The van der Waals surface area contributed by atoms with Crippen LogP contribution in [-0.2, 0) is 11.8 Å². The van der Waals surface area contributed by atoms with Crippen molar-refractivity contribution in [3.8, 4) is 6.07 Å². The number of hydrogen-bond donors (Lipinski definition) is 0. The van der Waals surface area contributed by atoms with E-state index < -0.39 is 0 Å². The highest BCUT2D eigenvalue weighted by atomic mass is 14.4. The van der Waals surface area contributed by atoms with Crippen molar-refractivity contribution in [3.05, 3.63) is 35.4 Å². The van der Waals surface area contributed by atoms with Gasteiger partial charge in [-0.25, -0.2) is 0 Å². The number of fused-ring (bicyclic) bond motifs is 1. The Labute approximate surface area is 79.0 Å². The molecule has 0 amide bonds. The molecule has 2 rings (SSSR count). The van der Waals surface area contributed by atoms with Crippen molar-refractivity contribution in [2.45, 2.75) is 31.6 Å². The normalized spacial score (nSPS) is 25.2. The Morgan fingerprint density at radius 1 is 1.46 bits per heavy atom. The largest absolute Gasteiger partial charge is 0.198 e. The van der Waals surface area contributed by atoms with E-state index in [0.29, 0.717) is 6.42 Å². The summed E-state index contributed by atoms with van der Waals surface area (Å²) < 4.78 is 0. The Morgan fingerprint density at radius 3 is 3.00 bits per heavy atom. The molecule has 1 aromatic carbocycles. The predicted octanol–water partition coefficient (Wildman–Crippen LogP) is 2.80. The van der Waals surface area contributed by atoms with Crippen molar-refractivity contribution < 1.29 is 0 Å². The van der Waals surface area contributed by atoms with Crippen LogP contribution >= 0.6 is 0 Å². The van der Waals surface area contributed by atoms with Crippen LogP contribution in [-0.4, -0.2) is 0 Å². The lowest BCUT2D eigenvalue weighted by Crippen LogP contribution is -2.16. The zero-order chi connectivity index (χ0) is 9.31. The SMILES string of the molecule is CC1(CC#N)CCc2ccccc21. The first kappa shape index (κ1) is 8.31. The lowest BCUT2D eigenvalue weighted by atomic mass is 9.81. The molecule has 1 heteroatoms. The van der Waals surface area contributed by atoms with E-state index in [4.69, 9.17) is 5.26 Å². The number of rotatable bonds is 1. The molecule has 0 radical (unpaired) electrons. The van der Waals surface area contributed by atoms with Crippen LogP contribution in [0, 0.1) is 11.3 Å². The fourth-order valence-corrected chi connectivity index (χ4v) is 2.23. The van der Waals surface area contributed by atoms with Crippen molar-refractivity contribution in [2.75, 3.05) is 0 Å². The average molecular weight is 171 g/mol. The summed E-state index contributed by atoms with van der Waals surface area (Å²) in [4.78, 5) is 0. The van der Waals surface area contributed by atoms with E-state index in [9.17, 15) is 0 Å². The molecule has 0 heterocycles. The van der Waals surface area contributed by atoms with E-state index in [2.05, 4.69) is 37.3 Å². The highest BCUT2D eigenvalue weighted by Gasteiger charge is 2.33. The molecule has 0 spiro atoms. The second-order valence-electron chi connectivity index (χ2n) is 4.05. The monoisotopic (exact) mass is 171 g/mol. The highest BCUT2D eigenvalue weighted by molar-refractivity contribution is 5.39. The average Bonchev–Trinajstić information content (AvgIpc) is 2.46. The Kier molecular flexibility index (Phi) is 1.84. The van der Waals surface area contributed by atoms with E-state index in [0.717, 1.165) is 12.8 Å². The van der Waals surface area contributed by atoms with E-state index in [1.807, 2.05) is 0 Å². The molecule has 0 aromatic heterocycles. The van der Waals surface area contributed by atoms with Crippen LogP contribution in [0.3, 0.4) is 0 Å². The van der Waals surface area contributed by atoms with Gasteiger partial charge in [0, 0.05) is 11.8 Å². The second kappa shape index (κ2) is 2.88. The topological polar surface area (TPSA) is 23.8 Å². The molecule has 66 valence electrons. The molecule has 1 nitrogen and oxygen atoms in total. The third-order valence-electron chi connectivity index (χ3n) is 3.08. The molecule has 13 heavy (non-hydrogen) atoms. The van der Waals surface area contributed by atoms with Crippen molar-refractivity contribution in [3.63, 3.8) is 0 Å². The number of aryl methyl sites for hydroxylation is 1. The second-order valence-corrected chi connectivity index (χ2v) is 4.05. The minimum atomic E-state index is 0.116. The highest BCUT2D eigenvalue weighted by Crippen LogP contribution is 2.40. The maximum Gasteiger partial charge on any atom is 0.0631 e. The maximum absolute atomic E-state index is 8.77. The zero-order valence-corrected chi connectivity index (χ0v) is 7.88. The van der Waals surface area contributed by atoms with E-state index in [-0.39, 0.29) is 5.41 Å². The Bertz CT molecular complexity index is 362. The van der Waals surface area contributed by atoms with Crippen LogP contribution in [0.25, 0.3) is 0 Å². The van der Waals surface area contributed by atoms with Crippen LogP contribution in [0.1, 0.15) is 30.9 Å². The predicted molar refractivity (Wildman–Crippen MR) is 52.3 cm³/mol. The van der Waals surface area contributed by atoms with Crippen molar-refractivity contribution >= 4 is 0 Å². The van der Waals surface area contributed by atoms with Gasteiger partial charge >= 0.3 is 0 Å². The Balaban J connectivity index is 2.44. The quantitative estimate of drug-likeness (QED) is 0.637. The van der Waals surface area contributed by atoms with Gasteiger partial charge in [0.1, 0.15) is 0 Å². The van der Waals surface area contributed by atoms with Gasteiger partial charge in [0.05, 0.1) is 6.07 Å². The third-order valence-corrected chi connectivity index (χ3v) is 3.08. The summed E-state index contributed by atoms with van der Waals surface area (Å²) in [5.41, 5.74) is 2.93. The van der Waals surface area contributed by atoms with Gasteiger partial charge in [0.15, 0.2) is 0 Å². The number of nitrogens with zero attached hydrogens (tertiary/aromatic N) is 1. The van der Waals surface area contributed by atoms with Crippen molar-refractivity contribution in [1.82, 2.24) is 0 Å². The summed E-state index contributed by atoms with van der Waals surface area (Å²) in [5, 5.41) is 8.77. The lowest BCUT2D eigenvalue weighted by Gasteiger charge is -2.21. The van der Waals surface area contributed by atoms with Crippen LogP contribution < -0.4 is 0 Å². The fourth-order valence-electron chi connectivity index (χ4n) is 2.23. The van der Waals surface area contributed by atoms with Gasteiger partial charge in [-0.05, 0) is 24.0 Å². The Hall–Kier alpha value is -1.29. The molecule has 1 atom stereocenters. The fraction of sp³-hybridized carbons (Fsp3) is 0.417. The summed E-state index contributed by atoms with van der Waals surface area (Å²) in [6, 6.07) is 10.8. The summed E-state index contributed by atoms with van der Waals surface area (Å²) in [6.45, 7) is 2.20. The first-order valence-corrected chi connectivity index (χ1v) is 4.72. The molecular formula is C12H13N. The molecule has 1 aliphatic carbocycles. The standard InChI is InChI=1S/C12H13N/c1-12(8-9-13)7-6-10-4-2-3-5-11(10)12/h2-5H,6-8H2,1H3. The van der Waals surface area contributed by atoms with E-state index >= 15 is 0 Å². The first-order valence-electron chi connectivity index (χ1n) is 4.72. The molecule has 1 aromatic rings. The summed E-state index contributed by atoms with van der Waals surface area (Å²) in [5.74, 6) is 0. The van der Waals surface area contributed by atoms with Crippen LogP contribution in [0.5, 0.6) is 0 Å². The molecule has 1 unspecified atom stereocenters. The molecule has 0 saturated heterocycles. The summed E-state index contributed by atoms with van der Waals surface area (Å²) in [6.07, 6.45) is 2.90. The van der Waals surface area contributed by atoms with Crippen molar-refractivity contribution in [2.24, 2.45) is 0 Å². The van der Waals surface area contributed by atoms with Crippen LogP contribution in [0.15, 0.2) is 24.3 Å². The Morgan fingerprint density at radius 2 is 2.23 bits per heavy atom. The van der Waals surface area contributed by atoms with Gasteiger partial charge in [-0.1, -0.05) is 31.2 Å². The maximum atomic E-state index is 8.77. The summed E-state index contributed by atoms with van der Waals surface area (Å²) in [7, 11) is 0. The molecule has 0 aliphatic heterocycles. The first-order chi connectivity index (χ1) is 6.26. The molecular weight excluding hydrogens is 158 g/mol. The van der Waals surface area contributed by atoms with Crippen LogP contribution in [0.2, 0.25) is 0 Å². The van der Waals surface area contributed by atoms with Crippen LogP contribution in [0.4, 0.5) is 0 Å². The lowest BCUT2D eigenvalue weighted by molar-refractivity contribution is 0.481. The van der Waals surface area contributed by atoms with E-state index in [1.165, 1.54) is 11.1 Å². The number of benzene rings is 1. The van der Waals surface area contributed by atoms with Gasteiger partial charge < -0.3 is 0 Å². The van der Waals surface area contributed by atoms with Gasteiger partial charge in [-0.15, -0.1) is 0 Å². The van der Waals surface area contributed by atoms with Gasteiger partial charge in [-0.3, -0.25) is 0 Å². The van der Waals surface area contributed by atoms with Crippen molar-refractivity contribution in [1.29, 1.82) is 5.26 Å². The summed E-state index contributed by atoms with van der Waals surface area (Å²) >= 11 is 0. The molecule has 0 saturated carbocycles. The van der Waals surface area contributed by atoms with Gasteiger partial charge in [0.2, 0.25) is 0 Å². The molecule has 0 fully saturated rings. The smallest absolute Gasteiger partial charge is 0.0631 e. The molecule has 0 N–H and O–H groups in total.